The van der Waals surface area contributed by atoms with Crippen LogP contribution in [-0.4, -0.2) is 94.4 Å². The molecular formula is C43H63N7O6Si. The van der Waals surface area contributed by atoms with Crippen molar-refractivity contribution in [3.8, 4) is 22.8 Å². The van der Waals surface area contributed by atoms with E-state index in [0.717, 1.165) is 61.5 Å². The van der Waals surface area contributed by atoms with Crippen molar-refractivity contribution in [3.05, 3.63) is 66.6 Å². The van der Waals surface area contributed by atoms with Crippen LogP contribution in [0.2, 0.25) is 18.1 Å². The van der Waals surface area contributed by atoms with Crippen LogP contribution in [0.4, 0.5) is 16.2 Å². The van der Waals surface area contributed by atoms with Gasteiger partial charge in [-0.05, 0) is 108 Å². The summed E-state index contributed by atoms with van der Waals surface area (Å²) in [6.07, 6.45) is 6.09. The van der Waals surface area contributed by atoms with Crippen LogP contribution in [0.25, 0.3) is 22.3 Å². The third-order valence-corrected chi connectivity index (χ3v) is 14.4. The van der Waals surface area contributed by atoms with Crippen LogP contribution in [-0.2, 0) is 9.16 Å². The molecular weight excluding hydrogens is 739 g/mol. The van der Waals surface area contributed by atoms with Gasteiger partial charge in [0, 0.05) is 67.6 Å². The summed E-state index contributed by atoms with van der Waals surface area (Å²) in [4.78, 5) is 41.1. The highest BCUT2D eigenvalue weighted by Crippen LogP contribution is 2.37. The van der Waals surface area contributed by atoms with Crippen molar-refractivity contribution in [2.75, 3.05) is 58.5 Å². The van der Waals surface area contributed by atoms with Crippen molar-refractivity contribution >= 4 is 42.7 Å². The molecule has 2 aromatic carbocycles. The van der Waals surface area contributed by atoms with Crippen LogP contribution in [0, 0.1) is 0 Å². The Morgan fingerprint density at radius 1 is 0.754 bits per heavy atom. The largest absolute Gasteiger partial charge is 0.497 e. The second-order valence-corrected chi connectivity index (χ2v) is 21.3. The molecule has 0 fully saturated rings. The zero-order valence-corrected chi connectivity index (χ0v) is 36.6. The zero-order valence-electron chi connectivity index (χ0n) is 35.6. The molecule has 0 spiro atoms. The first-order valence-corrected chi connectivity index (χ1v) is 22.7. The van der Waals surface area contributed by atoms with Crippen molar-refractivity contribution in [3.63, 3.8) is 0 Å². The third-order valence-electron chi connectivity index (χ3n) is 9.83. The lowest BCUT2D eigenvalue weighted by atomic mass is 10.1. The molecule has 57 heavy (non-hydrogen) atoms. The van der Waals surface area contributed by atoms with E-state index in [4.69, 9.17) is 28.6 Å². The number of carbonyl (C=O) groups excluding carboxylic acids is 2. The highest BCUT2D eigenvalue weighted by Gasteiger charge is 2.36. The van der Waals surface area contributed by atoms with E-state index in [-0.39, 0.29) is 16.6 Å². The van der Waals surface area contributed by atoms with Gasteiger partial charge < -0.3 is 39.5 Å². The molecule has 2 heterocycles. The molecule has 4 rings (SSSR count). The van der Waals surface area contributed by atoms with Crippen molar-refractivity contribution < 1.29 is 28.2 Å². The first-order chi connectivity index (χ1) is 27.0. The van der Waals surface area contributed by atoms with Gasteiger partial charge in [-0.3, -0.25) is 14.8 Å². The second kappa shape index (κ2) is 20.6. The topological polar surface area (TPSA) is 149 Å². The van der Waals surface area contributed by atoms with Gasteiger partial charge in [0.05, 0.1) is 37.1 Å². The summed E-state index contributed by atoms with van der Waals surface area (Å²) in [7, 11) is 1.55. The molecule has 310 valence electrons. The molecule has 3 N–H and O–H groups in total. The van der Waals surface area contributed by atoms with E-state index in [1.165, 1.54) is 0 Å². The van der Waals surface area contributed by atoms with Crippen LogP contribution >= 0.6 is 0 Å². The number of rotatable bonds is 20. The summed E-state index contributed by atoms with van der Waals surface area (Å²) >= 11 is 0. The Morgan fingerprint density at radius 3 is 2.11 bits per heavy atom. The predicted molar refractivity (Wildman–Crippen MR) is 230 cm³/mol. The molecule has 13 nitrogen and oxygen atoms in total. The molecule has 2 amide bonds. The number of carbonyl (C=O) groups is 2. The first-order valence-electron chi connectivity index (χ1n) is 19.8. The number of alkyl carbamates (subject to hydrolysis) is 1. The molecule has 0 atom stereocenters. The van der Waals surface area contributed by atoms with Crippen molar-refractivity contribution in [1.29, 1.82) is 0 Å². The normalized spacial score (nSPS) is 12.0. The standard InChI is InChI=1S/C43H63N7O6Si/c1-42(2,3)56-41(52)47-21-12-11-20-46-40(51)38-25-31(17-22-45-38)39-30-48-36-16-15-32(28-37(36)49-39)50(33-26-34(53-7)29-35(27-33)54-8)23-13-18-44-19-14-24-55-57(9,10)43(4,5)6/h15-17,22,25-30,44H,11-14,18-21,23-24H2,1-10H3,(H,46,51)(H,47,52). The maximum absolute atomic E-state index is 13.0. The molecule has 0 aliphatic rings. The number of benzene rings is 2. The number of unbranched alkanes of at least 4 members (excludes halogenated alkanes) is 1. The van der Waals surface area contributed by atoms with Crippen molar-refractivity contribution in [2.45, 2.75) is 91.0 Å². The summed E-state index contributed by atoms with van der Waals surface area (Å²) in [6.45, 7) is 21.0. The third kappa shape index (κ3) is 14.0. The van der Waals surface area contributed by atoms with Gasteiger partial charge >= 0.3 is 6.09 Å². The van der Waals surface area contributed by atoms with Crippen molar-refractivity contribution in [2.24, 2.45) is 0 Å². The van der Waals surface area contributed by atoms with Crippen LogP contribution in [0.15, 0.2) is 60.9 Å². The Bertz CT molecular complexity index is 1910. The smallest absolute Gasteiger partial charge is 0.407 e. The number of aromatic nitrogens is 3. The maximum atomic E-state index is 13.0. The highest BCUT2D eigenvalue weighted by molar-refractivity contribution is 6.74. The minimum Gasteiger partial charge on any atom is -0.497 e. The summed E-state index contributed by atoms with van der Waals surface area (Å²) in [5, 5.41) is 9.45. The van der Waals surface area contributed by atoms with Gasteiger partial charge in [-0.15, -0.1) is 0 Å². The first kappa shape index (κ1) is 44.9. The molecule has 14 heteroatoms. The monoisotopic (exact) mass is 801 g/mol. The minimum atomic E-state index is -1.75. The molecule has 0 aliphatic carbocycles. The van der Waals surface area contributed by atoms with Gasteiger partial charge in [0.25, 0.3) is 5.91 Å². The van der Waals surface area contributed by atoms with Gasteiger partial charge in [0.15, 0.2) is 8.32 Å². The number of methoxy groups -OCH3 is 2. The predicted octanol–water partition coefficient (Wildman–Crippen LogP) is 8.27. The Balaban J connectivity index is 1.43. The minimum absolute atomic E-state index is 0.205. The van der Waals surface area contributed by atoms with E-state index in [1.807, 2.05) is 57.2 Å². The van der Waals surface area contributed by atoms with Crippen molar-refractivity contribution in [1.82, 2.24) is 30.9 Å². The Hall–Kier alpha value is -4.79. The lowest BCUT2D eigenvalue weighted by molar-refractivity contribution is 0.0526. The molecule has 0 aliphatic heterocycles. The number of pyridine rings is 1. The Kier molecular flexibility index (Phi) is 16.2. The van der Waals surface area contributed by atoms with Crippen LogP contribution in [0.1, 0.15) is 77.7 Å². The molecule has 0 radical (unpaired) electrons. The van der Waals surface area contributed by atoms with Gasteiger partial charge in [-0.2, -0.15) is 0 Å². The highest BCUT2D eigenvalue weighted by atomic mass is 28.4. The van der Waals surface area contributed by atoms with E-state index in [0.29, 0.717) is 48.6 Å². The number of anilines is 2. The number of ether oxygens (including phenoxy) is 3. The number of hydrogen-bond acceptors (Lipinski definition) is 11. The molecule has 0 unspecified atom stereocenters. The van der Waals surface area contributed by atoms with Gasteiger partial charge in [0.1, 0.15) is 22.8 Å². The summed E-state index contributed by atoms with van der Waals surface area (Å²) < 4.78 is 22.9. The van der Waals surface area contributed by atoms with E-state index < -0.39 is 20.0 Å². The SMILES string of the molecule is COc1cc(OC)cc(N(CCCNCCCO[Si](C)(C)C(C)(C)C)c2ccc3ncc(-c4ccnc(C(=O)NCCCCNC(=O)OC(C)(C)C)c4)nc3c2)c1. The summed E-state index contributed by atoms with van der Waals surface area (Å²) in [5.41, 5.74) is 4.43. The number of hydrogen-bond donors (Lipinski definition) is 3. The Morgan fingerprint density at radius 2 is 1.44 bits per heavy atom. The molecule has 2 aromatic heterocycles. The molecule has 0 bridgehead atoms. The molecule has 0 saturated carbocycles. The lowest BCUT2D eigenvalue weighted by Crippen LogP contribution is -2.41. The second-order valence-electron chi connectivity index (χ2n) is 16.5. The van der Waals surface area contributed by atoms with E-state index in [2.05, 4.69) is 65.8 Å². The van der Waals surface area contributed by atoms with Crippen LogP contribution in [0.5, 0.6) is 11.5 Å². The molecule has 0 saturated heterocycles. The van der Waals surface area contributed by atoms with Gasteiger partial charge in [-0.25, -0.2) is 9.78 Å². The van der Waals surface area contributed by atoms with E-state index in [9.17, 15) is 9.59 Å². The fourth-order valence-corrected chi connectivity index (χ4v) is 6.74. The van der Waals surface area contributed by atoms with Gasteiger partial charge in [0.2, 0.25) is 0 Å². The lowest BCUT2D eigenvalue weighted by Gasteiger charge is -2.36. The number of nitrogens with one attached hydrogen (secondary N) is 3. The van der Waals surface area contributed by atoms with E-state index in [1.54, 1.807) is 32.7 Å². The number of nitrogens with zero attached hydrogens (tertiary/aromatic N) is 4. The summed E-state index contributed by atoms with van der Waals surface area (Å²) in [6, 6.07) is 15.5. The quantitative estimate of drug-likeness (QED) is 0.0586. The fraction of sp³-hybridized carbons (Fsp3) is 0.512. The fourth-order valence-electron chi connectivity index (χ4n) is 5.65. The molecule has 4 aromatic rings. The maximum Gasteiger partial charge on any atom is 0.407 e. The van der Waals surface area contributed by atoms with Crippen LogP contribution in [0.3, 0.4) is 0 Å². The van der Waals surface area contributed by atoms with E-state index >= 15 is 0 Å². The zero-order chi connectivity index (χ0) is 41.6. The number of amides is 2. The summed E-state index contributed by atoms with van der Waals surface area (Å²) in [5.74, 6) is 1.11. The Labute approximate surface area is 339 Å². The average Bonchev–Trinajstić information content (AvgIpc) is 3.16. The van der Waals surface area contributed by atoms with Gasteiger partial charge in [-0.1, -0.05) is 20.8 Å². The number of fused-ring (bicyclic) bond motifs is 1. The average molecular weight is 802 g/mol. The van der Waals surface area contributed by atoms with Crippen LogP contribution < -0.4 is 30.3 Å².